The number of aromatic amines is 1. The number of benzene rings is 3. The molecule has 2 N–H and O–H groups in total. The number of aromatic nitrogens is 5. The van der Waals surface area contributed by atoms with E-state index in [4.69, 9.17) is 31.0 Å². The predicted molar refractivity (Wildman–Crippen MR) is 200 cm³/mol. The van der Waals surface area contributed by atoms with Gasteiger partial charge in [-0.15, -0.1) is 0 Å². The lowest BCUT2D eigenvalue weighted by molar-refractivity contribution is -0.0591. The van der Waals surface area contributed by atoms with E-state index in [-0.39, 0.29) is 24.5 Å². The van der Waals surface area contributed by atoms with Crippen LogP contribution in [0.4, 0.5) is 10.1 Å². The Hall–Kier alpha value is -5.10. The first-order valence-electron chi connectivity index (χ1n) is 17.6. The average molecular weight is 720 g/mol. The Morgan fingerprint density at radius 3 is 2.77 bits per heavy atom. The molecule has 1 fully saturated rings. The molecule has 1 atom stereocenters. The third kappa shape index (κ3) is 7.16. The first-order valence-corrected chi connectivity index (χ1v) is 18.0. The van der Waals surface area contributed by atoms with E-state index >= 15 is 0 Å². The number of hydrogen-bond donors (Lipinski definition) is 2. The number of hydrogen-bond acceptors (Lipinski definition) is 7. The van der Waals surface area contributed by atoms with Crippen molar-refractivity contribution in [3.8, 4) is 5.88 Å². The van der Waals surface area contributed by atoms with Crippen LogP contribution in [0.25, 0.3) is 27.5 Å². The minimum Gasteiger partial charge on any atom is -0.473 e. The molecule has 12 heteroatoms. The molecular weight excluding hydrogens is 681 g/mol. The van der Waals surface area contributed by atoms with Gasteiger partial charge in [-0.2, -0.15) is 5.10 Å². The number of nitrogens with zero attached hydrogens (tertiary/aromatic N) is 5. The molecule has 2 aliphatic heterocycles. The van der Waals surface area contributed by atoms with Crippen LogP contribution in [0.3, 0.4) is 0 Å². The lowest BCUT2D eigenvalue weighted by atomic mass is 10.0. The lowest BCUT2D eigenvalue weighted by Crippen LogP contribution is -2.33. The molecule has 5 heterocycles. The number of pyridine rings is 1. The third-order valence-electron chi connectivity index (χ3n) is 9.77. The highest BCUT2D eigenvalue weighted by Crippen LogP contribution is 2.29. The molecule has 0 spiro atoms. The summed E-state index contributed by atoms with van der Waals surface area (Å²) in [4.78, 5) is 25.5. The average Bonchev–Trinajstić information content (AvgIpc) is 3.70. The summed E-state index contributed by atoms with van der Waals surface area (Å²) >= 11 is 5.88. The van der Waals surface area contributed by atoms with E-state index in [1.807, 2.05) is 48.5 Å². The van der Waals surface area contributed by atoms with Crippen molar-refractivity contribution in [1.82, 2.24) is 29.6 Å². The number of anilines is 1. The van der Waals surface area contributed by atoms with Gasteiger partial charge in [-0.1, -0.05) is 43.7 Å². The Morgan fingerprint density at radius 1 is 1.12 bits per heavy atom. The highest BCUT2D eigenvalue weighted by Gasteiger charge is 2.24. The number of carbonyl (C=O) groups is 1. The van der Waals surface area contributed by atoms with Crippen molar-refractivity contribution in [3.63, 3.8) is 0 Å². The smallest absolute Gasteiger partial charge is 0.255 e. The van der Waals surface area contributed by atoms with E-state index in [0.29, 0.717) is 34.3 Å². The summed E-state index contributed by atoms with van der Waals surface area (Å²) in [5.41, 5.74) is 7.37. The Morgan fingerprint density at radius 2 is 2.00 bits per heavy atom. The van der Waals surface area contributed by atoms with Crippen LogP contribution in [-0.2, 0) is 24.4 Å². The molecule has 3 aromatic heterocycles. The van der Waals surface area contributed by atoms with Gasteiger partial charge in [-0.05, 0) is 78.9 Å². The molecule has 0 bridgehead atoms. The second-order valence-corrected chi connectivity index (χ2v) is 14.1. The van der Waals surface area contributed by atoms with Gasteiger partial charge in [0.15, 0.2) is 0 Å². The van der Waals surface area contributed by atoms with Gasteiger partial charge in [0.2, 0.25) is 5.88 Å². The fourth-order valence-corrected chi connectivity index (χ4v) is 6.94. The molecule has 0 saturated carbocycles. The lowest BCUT2D eigenvalue weighted by Gasteiger charge is -2.29. The summed E-state index contributed by atoms with van der Waals surface area (Å²) < 4.78 is 28.1. The maximum Gasteiger partial charge on any atom is 0.255 e. The van der Waals surface area contributed by atoms with Crippen molar-refractivity contribution in [2.75, 3.05) is 25.0 Å². The summed E-state index contributed by atoms with van der Waals surface area (Å²) in [5.74, 6) is 1.05. The number of H-pyrrole nitrogens is 1. The molecule has 1 saturated heterocycles. The second-order valence-electron chi connectivity index (χ2n) is 13.7. The molecule has 6 aromatic rings. The van der Waals surface area contributed by atoms with Gasteiger partial charge >= 0.3 is 0 Å². The molecule has 0 unspecified atom stereocenters. The van der Waals surface area contributed by atoms with Crippen LogP contribution in [0.15, 0.2) is 78.9 Å². The zero-order chi connectivity index (χ0) is 35.8. The normalized spacial score (nSPS) is 16.3. The number of carbonyl (C=O) groups excluding carboxylic acids is 1. The molecule has 266 valence electrons. The minimum absolute atomic E-state index is 0.0640. The minimum atomic E-state index is -0.403. The summed E-state index contributed by atoms with van der Waals surface area (Å²) in [6.45, 7) is 7.99. The molecular formula is C40H39ClFN7O3. The molecule has 2 aliphatic rings. The second kappa shape index (κ2) is 14.5. The summed E-state index contributed by atoms with van der Waals surface area (Å²) in [6, 6.07) is 21.7. The van der Waals surface area contributed by atoms with Gasteiger partial charge in [-0.3, -0.25) is 14.8 Å². The highest BCUT2D eigenvalue weighted by atomic mass is 35.5. The summed E-state index contributed by atoms with van der Waals surface area (Å²) in [6.07, 6.45) is 4.20. The van der Waals surface area contributed by atoms with Crippen LogP contribution < -0.4 is 10.1 Å². The standard InChI is InChI=1S/C40H39ClFN7O3/c1-24(2)39-31-18-26(7-10-34(31)46-47-39)40(50)43-29-9-11-36-35(20-29)44-37(49(36)21-30-14-17-51-30)22-48-15-12-25(13-16-48)33-4-3-5-38(45-33)52-23-27-6-8-28(41)19-32(27)42/h3-12,18-20,24,30H,13-17,21-23H2,1-2H3,(H,43,50)(H,46,47)/t30-/m0/s1. The van der Waals surface area contributed by atoms with Crippen molar-refractivity contribution in [2.24, 2.45) is 0 Å². The van der Waals surface area contributed by atoms with Crippen LogP contribution in [0.2, 0.25) is 5.02 Å². The monoisotopic (exact) mass is 719 g/mol. The fraction of sp³-hybridized carbons (Fsp3) is 0.300. The molecule has 3 aromatic carbocycles. The van der Waals surface area contributed by atoms with Crippen LogP contribution in [-0.4, -0.2) is 61.3 Å². The van der Waals surface area contributed by atoms with Gasteiger partial charge in [-0.25, -0.2) is 14.4 Å². The van der Waals surface area contributed by atoms with Crippen molar-refractivity contribution < 1.29 is 18.7 Å². The SMILES string of the molecule is CC(C)c1n[nH]c2ccc(C(=O)Nc3ccc4c(c3)nc(CN3CC=C(c5cccc(OCc6ccc(Cl)cc6F)n5)CC3)n4C[C@@H]3CCO3)cc12. The fourth-order valence-electron chi connectivity index (χ4n) is 6.78. The molecule has 52 heavy (non-hydrogen) atoms. The van der Waals surface area contributed by atoms with Crippen molar-refractivity contribution in [3.05, 3.63) is 118 Å². The summed E-state index contributed by atoms with van der Waals surface area (Å²) in [5, 5.41) is 11.9. The Kier molecular flexibility index (Phi) is 9.48. The van der Waals surface area contributed by atoms with E-state index < -0.39 is 5.82 Å². The zero-order valence-corrected chi connectivity index (χ0v) is 29.8. The zero-order valence-electron chi connectivity index (χ0n) is 29.0. The highest BCUT2D eigenvalue weighted by molar-refractivity contribution is 6.30. The first-order chi connectivity index (χ1) is 25.3. The van der Waals surface area contributed by atoms with Gasteiger partial charge in [0.1, 0.15) is 18.2 Å². The molecule has 1 amide bonds. The number of halogens is 2. The van der Waals surface area contributed by atoms with Gasteiger partial charge < -0.3 is 19.4 Å². The van der Waals surface area contributed by atoms with E-state index in [9.17, 15) is 9.18 Å². The maximum atomic E-state index is 14.2. The van der Waals surface area contributed by atoms with E-state index in [1.54, 1.807) is 18.2 Å². The van der Waals surface area contributed by atoms with Crippen LogP contribution >= 0.6 is 11.6 Å². The number of ether oxygens (including phenoxy) is 2. The number of amides is 1. The van der Waals surface area contributed by atoms with Gasteiger partial charge in [0, 0.05) is 53.0 Å². The van der Waals surface area contributed by atoms with Crippen LogP contribution in [0.5, 0.6) is 5.88 Å². The van der Waals surface area contributed by atoms with Crippen LogP contribution in [0, 0.1) is 5.82 Å². The van der Waals surface area contributed by atoms with Gasteiger partial charge in [0.05, 0.1) is 47.1 Å². The predicted octanol–water partition coefficient (Wildman–Crippen LogP) is 8.13. The van der Waals surface area contributed by atoms with Gasteiger partial charge in [0.25, 0.3) is 5.91 Å². The van der Waals surface area contributed by atoms with Crippen LogP contribution in [0.1, 0.15) is 65.7 Å². The van der Waals surface area contributed by atoms with Crippen molar-refractivity contribution in [1.29, 1.82) is 0 Å². The Labute approximate surface area is 305 Å². The first kappa shape index (κ1) is 34.0. The van der Waals surface area contributed by atoms with Crippen molar-refractivity contribution >= 4 is 50.7 Å². The topological polar surface area (TPSA) is 110 Å². The maximum absolute atomic E-state index is 14.2. The van der Waals surface area contributed by atoms with E-state index in [0.717, 1.165) is 83.8 Å². The van der Waals surface area contributed by atoms with E-state index in [2.05, 4.69) is 44.9 Å². The van der Waals surface area contributed by atoms with E-state index in [1.165, 1.54) is 6.07 Å². The quantitative estimate of drug-likeness (QED) is 0.139. The number of rotatable bonds is 11. The molecule has 10 nitrogen and oxygen atoms in total. The summed E-state index contributed by atoms with van der Waals surface area (Å²) in [7, 11) is 0. The number of nitrogens with one attached hydrogen (secondary N) is 2. The molecule has 0 aliphatic carbocycles. The Bertz CT molecular complexity index is 2310. The number of fused-ring (bicyclic) bond motifs is 2. The third-order valence-corrected chi connectivity index (χ3v) is 10.0. The number of imidazole rings is 1. The molecule has 0 radical (unpaired) electrons. The largest absolute Gasteiger partial charge is 0.473 e. The Balaban J connectivity index is 0.963. The molecule has 8 rings (SSSR count). The van der Waals surface area contributed by atoms with Crippen molar-refractivity contribution in [2.45, 2.75) is 58.4 Å².